The number of hydrogen-bond acceptors (Lipinski definition) is 2. The maximum absolute atomic E-state index is 12.1. The van der Waals surface area contributed by atoms with Gasteiger partial charge in [0.15, 0.2) is 0 Å². The molecule has 2 N–H and O–H groups in total. The van der Waals surface area contributed by atoms with Gasteiger partial charge in [-0.15, -0.1) is 0 Å². The van der Waals surface area contributed by atoms with Crippen molar-refractivity contribution in [1.82, 2.24) is 9.55 Å². The summed E-state index contributed by atoms with van der Waals surface area (Å²) < 4.78 is 2.25. The lowest BCUT2D eigenvalue weighted by Crippen LogP contribution is -2.19. The average molecular weight is 387 g/mol. The van der Waals surface area contributed by atoms with Gasteiger partial charge < -0.3 is 15.2 Å². The number of hydrogen-bond donors (Lipinski definition) is 2. The van der Waals surface area contributed by atoms with Crippen LogP contribution in [0.5, 0.6) is 0 Å². The van der Waals surface area contributed by atoms with Gasteiger partial charge in [-0.2, -0.15) is 0 Å². The molecule has 0 spiro atoms. The van der Waals surface area contributed by atoms with E-state index >= 15 is 0 Å². The van der Waals surface area contributed by atoms with Gasteiger partial charge in [0, 0.05) is 24.3 Å². The fourth-order valence-electron chi connectivity index (χ4n) is 3.08. The summed E-state index contributed by atoms with van der Waals surface area (Å²) in [5.41, 5.74) is 3.47. The highest BCUT2D eigenvalue weighted by molar-refractivity contribution is 6.42. The topological polar surface area (TPSA) is 59.0 Å². The van der Waals surface area contributed by atoms with Gasteiger partial charge in [0.05, 0.1) is 21.9 Å². The second kappa shape index (κ2) is 7.02. The van der Waals surface area contributed by atoms with Crippen LogP contribution in [0.2, 0.25) is 10.0 Å². The van der Waals surface area contributed by atoms with Crippen molar-refractivity contribution in [3.8, 4) is 11.3 Å². The number of anilines is 2. The first-order chi connectivity index (χ1) is 12.6. The molecular weight excluding hydrogens is 371 g/mol. The van der Waals surface area contributed by atoms with Crippen LogP contribution in [0.4, 0.5) is 16.2 Å². The molecule has 0 unspecified atom stereocenters. The monoisotopic (exact) mass is 386 g/mol. The van der Waals surface area contributed by atoms with Gasteiger partial charge in [0.25, 0.3) is 0 Å². The van der Waals surface area contributed by atoms with E-state index in [4.69, 9.17) is 23.2 Å². The molecule has 0 bridgehead atoms. The lowest BCUT2D eigenvalue weighted by molar-refractivity contribution is 0.262. The number of benzene rings is 2. The van der Waals surface area contributed by atoms with E-state index in [1.54, 1.807) is 18.2 Å². The maximum atomic E-state index is 12.1. The lowest BCUT2D eigenvalue weighted by Gasteiger charge is -2.10. The number of amides is 2. The molecule has 0 radical (unpaired) electrons. The quantitative estimate of drug-likeness (QED) is 0.628. The molecular formula is C19H16Cl2N4O. The van der Waals surface area contributed by atoms with Crippen molar-refractivity contribution in [3.63, 3.8) is 0 Å². The molecule has 2 heterocycles. The van der Waals surface area contributed by atoms with E-state index in [0.717, 1.165) is 36.5 Å². The van der Waals surface area contributed by atoms with Crippen molar-refractivity contribution in [2.45, 2.75) is 19.4 Å². The Morgan fingerprint density at radius 3 is 2.50 bits per heavy atom. The van der Waals surface area contributed by atoms with Crippen molar-refractivity contribution in [3.05, 3.63) is 64.5 Å². The van der Waals surface area contributed by atoms with Crippen LogP contribution in [0.3, 0.4) is 0 Å². The molecule has 2 aromatic carbocycles. The summed E-state index contributed by atoms with van der Waals surface area (Å²) in [4.78, 5) is 16.6. The number of carbonyl (C=O) groups excluding carboxylic acids is 1. The van der Waals surface area contributed by atoms with E-state index in [1.165, 1.54) is 0 Å². The molecule has 0 saturated carbocycles. The normalized spacial score (nSPS) is 12.7. The molecule has 7 heteroatoms. The standard InChI is InChI=1S/C19H16Cl2N4O/c20-15-8-7-14(10-16(15)21)24-19(26)23-13-5-3-12(4-6-13)17-11-22-18-2-1-9-25(17)18/h3-8,10-11H,1-2,9H2,(H2,23,24,26). The number of halogens is 2. The van der Waals surface area contributed by atoms with Crippen LogP contribution in [0.1, 0.15) is 12.2 Å². The molecule has 132 valence electrons. The molecule has 5 nitrogen and oxygen atoms in total. The highest BCUT2D eigenvalue weighted by Gasteiger charge is 2.16. The first kappa shape index (κ1) is 16.9. The molecule has 3 aromatic rings. The Morgan fingerprint density at radius 1 is 1.00 bits per heavy atom. The minimum Gasteiger partial charge on any atom is -0.328 e. The van der Waals surface area contributed by atoms with Crippen LogP contribution in [0, 0.1) is 0 Å². The Hall–Kier alpha value is -2.50. The van der Waals surface area contributed by atoms with Gasteiger partial charge in [0.1, 0.15) is 5.82 Å². The van der Waals surface area contributed by atoms with Gasteiger partial charge in [-0.1, -0.05) is 35.3 Å². The number of aryl methyl sites for hydroxylation is 1. The third-order valence-electron chi connectivity index (χ3n) is 4.34. The number of nitrogens with one attached hydrogen (secondary N) is 2. The smallest absolute Gasteiger partial charge is 0.323 e. The van der Waals surface area contributed by atoms with Crippen LogP contribution in [-0.4, -0.2) is 15.6 Å². The van der Waals surface area contributed by atoms with E-state index in [-0.39, 0.29) is 6.03 Å². The van der Waals surface area contributed by atoms with E-state index in [9.17, 15) is 4.79 Å². The minimum atomic E-state index is -0.346. The fraction of sp³-hybridized carbons (Fsp3) is 0.158. The Kier molecular flexibility index (Phi) is 4.57. The zero-order valence-corrected chi connectivity index (χ0v) is 15.3. The van der Waals surface area contributed by atoms with Crippen LogP contribution in [0.25, 0.3) is 11.3 Å². The first-order valence-electron chi connectivity index (χ1n) is 8.28. The van der Waals surface area contributed by atoms with Crippen molar-refractivity contribution < 1.29 is 4.79 Å². The van der Waals surface area contributed by atoms with Gasteiger partial charge in [-0.3, -0.25) is 0 Å². The van der Waals surface area contributed by atoms with Crippen LogP contribution in [0.15, 0.2) is 48.7 Å². The molecule has 1 aromatic heterocycles. The zero-order valence-electron chi connectivity index (χ0n) is 13.8. The van der Waals surface area contributed by atoms with Crippen LogP contribution < -0.4 is 10.6 Å². The van der Waals surface area contributed by atoms with Crippen molar-refractivity contribution in [1.29, 1.82) is 0 Å². The summed E-state index contributed by atoms with van der Waals surface area (Å²) in [6, 6.07) is 12.3. The lowest BCUT2D eigenvalue weighted by atomic mass is 10.1. The highest BCUT2D eigenvalue weighted by atomic mass is 35.5. The third-order valence-corrected chi connectivity index (χ3v) is 5.08. The van der Waals surface area contributed by atoms with Gasteiger partial charge >= 0.3 is 6.03 Å². The Labute approximate surface area is 161 Å². The van der Waals surface area contributed by atoms with Gasteiger partial charge in [-0.25, -0.2) is 9.78 Å². The maximum Gasteiger partial charge on any atom is 0.323 e. The predicted octanol–water partition coefficient (Wildman–Crippen LogP) is 5.45. The Bertz CT molecular complexity index is 966. The van der Waals surface area contributed by atoms with Crippen molar-refractivity contribution in [2.75, 3.05) is 10.6 Å². The number of rotatable bonds is 3. The molecule has 1 aliphatic rings. The third kappa shape index (κ3) is 3.41. The highest BCUT2D eigenvalue weighted by Crippen LogP contribution is 2.27. The van der Waals surface area contributed by atoms with Gasteiger partial charge in [0.2, 0.25) is 0 Å². The van der Waals surface area contributed by atoms with Gasteiger partial charge in [-0.05, 0) is 42.3 Å². The Morgan fingerprint density at radius 2 is 1.73 bits per heavy atom. The number of urea groups is 1. The molecule has 4 rings (SSSR count). The number of nitrogens with zero attached hydrogens (tertiary/aromatic N) is 2. The van der Waals surface area contributed by atoms with E-state index in [2.05, 4.69) is 20.2 Å². The predicted molar refractivity (Wildman–Crippen MR) is 105 cm³/mol. The Balaban J connectivity index is 1.43. The average Bonchev–Trinajstić information content (AvgIpc) is 3.22. The molecule has 1 aliphatic heterocycles. The zero-order chi connectivity index (χ0) is 18.1. The number of imidazole rings is 1. The van der Waals surface area contributed by atoms with E-state index in [1.807, 2.05) is 30.5 Å². The molecule has 0 aliphatic carbocycles. The minimum absolute atomic E-state index is 0.346. The SMILES string of the molecule is O=C(Nc1ccc(-c2cnc3n2CCC3)cc1)Nc1ccc(Cl)c(Cl)c1. The van der Waals surface area contributed by atoms with E-state index in [0.29, 0.717) is 21.4 Å². The van der Waals surface area contributed by atoms with Crippen molar-refractivity contribution in [2.24, 2.45) is 0 Å². The summed E-state index contributed by atoms with van der Waals surface area (Å²) in [6.45, 7) is 1.01. The number of aromatic nitrogens is 2. The molecule has 26 heavy (non-hydrogen) atoms. The largest absolute Gasteiger partial charge is 0.328 e. The number of fused-ring (bicyclic) bond motifs is 1. The second-order valence-corrected chi connectivity index (χ2v) is 6.91. The fourth-order valence-corrected chi connectivity index (χ4v) is 3.38. The van der Waals surface area contributed by atoms with Crippen molar-refractivity contribution >= 4 is 40.6 Å². The van der Waals surface area contributed by atoms with Crippen LogP contribution in [-0.2, 0) is 13.0 Å². The molecule has 2 amide bonds. The number of carbonyl (C=O) groups is 1. The summed E-state index contributed by atoms with van der Waals surface area (Å²) in [6.07, 6.45) is 4.09. The molecule has 0 saturated heterocycles. The summed E-state index contributed by atoms with van der Waals surface area (Å²) >= 11 is 11.8. The first-order valence-corrected chi connectivity index (χ1v) is 9.03. The van der Waals surface area contributed by atoms with E-state index < -0.39 is 0 Å². The van der Waals surface area contributed by atoms with Crippen LogP contribution >= 0.6 is 23.2 Å². The summed E-state index contributed by atoms with van der Waals surface area (Å²) in [5.74, 6) is 1.14. The molecule has 0 atom stereocenters. The molecule has 0 fully saturated rings. The summed E-state index contributed by atoms with van der Waals surface area (Å²) in [7, 11) is 0. The summed E-state index contributed by atoms with van der Waals surface area (Å²) in [5, 5.41) is 6.36. The second-order valence-electron chi connectivity index (χ2n) is 6.10.